The maximum Gasteiger partial charge on any atom is 0.253 e. The van der Waals surface area contributed by atoms with Gasteiger partial charge in [-0.1, -0.05) is 18.2 Å². The summed E-state index contributed by atoms with van der Waals surface area (Å²) in [6.07, 6.45) is 8.93. The average Bonchev–Trinajstić information content (AvgIpc) is 2.56. The zero-order chi connectivity index (χ0) is 15.9. The van der Waals surface area contributed by atoms with E-state index in [0.717, 1.165) is 11.1 Å². The molecule has 1 aliphatic rings. The van der Waals surface area contributed by atoms with Crippen molar-refractivity contribution in [1.82, 2.24) is 10.6 Å². The van der Waals surface area contributed by atoms with E-state index in [1.807, 2.05) is 31.4 Å². The lowest BCUT2D eigenvalue weighted by molar-refractivity contribution is -0.115. The summed E-state index contributed by atoms with van der Waals surface area (Å²) in [7, 11) is 0. The van der Waals surface area contributed by atoms with Gasteiger partial charge in [0.2, 0.25) is 0 Å². The number of nitrogens with two attached hydrogens (primary N) is 1. The molecule has 1 heterocycles. The Balaban J connectivity index is 2.08. The van der Waals surface area contributed by atoms with Crippen molar-refractivity contribution in [2.45, 2.75) is 13.0 Å². The normalized spacial score (nSPS) is 16.7. The average molecular weight is 294 g/mol. The summed E-state index contributed by atoms with van der Waals surface area (Å²) < 4.78 is 0. The minimum Gasteiger partial charge on any atom is -0.404 e. The van der Waals surface area contributed by atoms with E-state index in [1.165, 1.54) is 6.20 Å². The van der Waals surface area contributed by atoms with Crippen LogP contribution in [0.1, 0.15) is 16.7 Å². The molecule has 0 aromatic heterocycles. The molecule has 1 aliphatic heterocycles. The highest BCUT2D eigenvalue weighted by molar-refractivity contribution is 6.19. The lowest BCUT2D eigenvalue weighted by Crippen LogP contribution is -2.38. The van der Waals surface area contributed by atoms with Crippen molar-refractivity contribution < 1.29 is 4.79 Å². The van der Waals surface area contributed by atoms with Crippen molar-refractivity contribution in [1.29, 1.82) is 5.26 Å². The first-order valence-corrected chi connectivity index (χ1v) is 6.96. The Bertz CT molecular complexity index is 695. The minimum absolute atomic E-state index is 0.0648. The van der Waals surface area contributed by atoms with Crippen molar-refractivity contribution in [3.63, 3.8) is 0 Å². The van der Waals surface area contributed by atoms with E-state index in [9.17, 15) is 4.79 Å². The molecule has 5 nitrogen and oxygen atoms in total. The quantitative estimate of drug-likeness (QED) is 0.731. The van der Waals surface area contributed by atoms with E-state index in [2.05, 4.69) is 16.7 Å². The Kier molecular flexibility index (Phi) is 4.99. The first-order chi connectivity index (χ1) is 10.7. The van der Waals surface area contributed by atoms with Gasteiger partial charge in [-0.15, -0.1) is 0 Å². The molecule has 0 saturated heterocycles. The summed E-state index contributed by atoms with van der Waals surface area (Å²) >= 11 is 0. The molecule has 0 bridgehead atoms. The summed E-state index contributed by atoms with van der Waals surface area (Å²) in [6.45, 7) is 2.31. The van der Waals surface area contributed by atoms with Crippen LogP contribution in [0, 0.1) is 18.3 Å². The fraction of sp³-hybridized carbons (Fsp3) is 0.176. The first kappa shape index (κ1) is 15.4. The molecule has 1 aromatic carbocycles. The third kappa shape index (κ3) is 3.55. The van der Waals surface area contributed by atoms with Crippen LogP contribution in [0.15, 0.2) is 48.8 Å². The summed E-state index contributed by atoms with van der Waals surface area (Å²) in [5.74, 6) is -0.236. The van der Waals surface area contributed by atoms with E-state index in [-0.39, 0.29) is 11.9 Å². The number of allylic oxidation sites excluding steroid dienone is 2. The molecule has 22 heavy (non-hydrogen) atoms. The molecule has 0 aliphatic carbocycles. The van der Waals surface area contributed by atoms with Crippen molar-refractivity contribution in [2.75, 3.05) is 6.54 Å². The lowest BCUT2D eigenvalue weighted by atomic mass is 9.98. The second kappa shape index (κ2) is 7.14. The van der Waals surface area contributed by atoms with Crippen LogP contribution in [0.25, 0.3) is 5.57 Å². The molecule has 2 rings (SSSR count). The Hall–Kier alpha value is -3.00. The fourth-order valence-corrected chi connectivity index (χ4v) is 2.24. The minimum atomic E-state index is -0.236. The van der Waals surface area contributed by atoms with Gasteiger partial charge in [-0.25, -0.2) is 0 Å². The van der Waals surface area contributed by atoms with E-state index in [1.54, 1.807) is 18.2 Å². The Morgan fingerprint density at radius 2 is 2.32 bits per heavy atom. The van der Waals surface area contributed by atoms with Crippen LogP contribution >= 0.6 is 0 Å². The highest BCUT2D eigenvalue weighted by Crippen LogP contribution is 2.19. The monoisotopic (exact) mass is 294 g/mol. The van der Waals surface area contributed by atoms with Crippen molar-refractivity contribution in [3.05, 3.63) is 65.5 Å². The van der Waals surface area contributed by atoms with Gasteiger partial charge in [0.05, 0.1) is 23.2 Å². The summed E-state index contributed by atoms with van der Waals surface area (Å²) in [6, 6.07) is 7.30. The number of carbonyl (C=O) groups excluding carboxylic acids is 1. The third-order valence-corrected chi connectivity index (χ3v) is 3.40. The van der Waals surface area contributed by atoms with Gasteiger partial charge >= 0.3 is 0 Å². The Morgan fingerprint density at radius 1 is 1.50 bits per heavy atom. The molecule has 112 valence electrons. The molecule has 0 fully saturated rings. The number of benzene rings is 1. The molecule has 1 atom stereocenters. The highest BCUT2D eigenvalue weighted by atomic mass is 16.1. The van der Waals surface area contributed by atoms with Crippen LogP contribution in [-0.2, 0) is 4.79 Å². The maximum absolute atomic E-state index is 12.3. The number of amides is 1. The van der Waals surface area contributed by atoms with Gasteiger partial charge in [0.25, 0.3) is 5.91 Å². The van der Waals surface area contributed by atoms with E-state index in [4.69, 9.17) is 11.0 Å². The molecule has 1 amide bonds. The molecular formula is C17H18N4O. The molecule has 1 unspecified atom stereocenters. The number of carbonyl (C=O) groups is 1. The lowest BCUT2D eigenvalue weighted by Gasteiger charge is -2.17. The van der Waals surface area contributed by atoms with Gasteiger partial charge in [0, 0.05) is 12.7 Å². The number of dihydropyridines is 1. The number of nitriles is 1. The van der Waals surface area contributed by atoms with Gasteiger partial charge in [0.15, 0.2) is 0 Å². The molecule has 5 heteroatoms. The number of hydrogen-bond acceptors (Lipinski definition) is 4. The Labute approximate surface area is 129 Å². The van der Waals surface area contributed by atoms with Gasteiger partial charge in [-0.3, -0.25) is 4.79 Å². The zero-order valence-corrected chi connectivity index (χ0v) is 12.3. The first-order valence-electron chi connectivity index (χ1n) is 6.96. The summed E-state index contributed by atoms with van der Waals surface area (Å²) in [4.78, 5) is 12.3. The fourth-order valence-electron chi connectivity index (χ4n) is 2.24. The number of aryl methyl sites for hydroxylation is 1. The molecule has 0 radical (unpaired) electrons. The number of rotatable bonds is 4. The van der Waals surface area contributed by atoms with Crippen LogP contribution in [0.4, 0.5) is 0 Å². The van der Waals surface area contributed by atoms with Gasteiger partial charge in [-0.2, -0.15) is 5.26 Å². The largest absolute Gasteiger partial charge is 0.404 e. The van der Waals surface area contributed by atoms with Crippen LogP contribution in [-0.4, -0.2) is 18.5 Å². The zero-order valence-electron chi connectivity index (χ0n) is 12.3. The van der Waals surface area contributed by atoms with Crippen molar-refractivity contribution >= 4 is 11.5 Å². The molecular weight excluding hydrogens is 276 g/mol. The maximum atomic E-state index is 12.3. The summed E-state index contributed by atoms with van der Waals surface area (Å²) in [5.41, 5.74) is 8.15. The van der Waals surface area contributed by atoms with Gasteiger partial charge < -0.3 is 16.4 Å². The van der Waals surface area contributed by atoms with Crippen LogP contribution in [0.2, 0.25) is 0 Å². The molecule has 0 spiro atoms. The standard InChI is InChI=1S/C17H18N4O/c1-12-8-13(9-18)5-6-15(12)16(10-19)17(22)21-11-14-4-2-3-7-20-14/h2-8,10,14,20H,11,19H2,1H3,(H,21,22). The molecule has 1 aromatic rings. The van der Waals surface area contributed by atoms with Crippen molar-refractivity contribution in [3.8, 4) is 6.07 Å². The van der Waals surface area contributed by atoms with E-state index < -0.39 is 0 Å². The van der Waals surface area contributed by atoms with Gasteiger partial charge in [0.1, 0.15) is 0 Å². The number of nitrogens with zero attached hydrogens (tertiary/aromatic N) is 1. The second-order valence-electron chi connectivity index (χ2n) is 4.95. The third-order valence-electron chi connectivity index (χ3n) is 3.40. The van der Waals surface area contributed by atoms with E-state index >= 15 is 0 Å². The van der Waals surface area contributed by atoms with E-state index in [0.29, 0.717) is 17.7 Å². The highest BCUT2D eigenvalue weighted by Gasteiger charge is 2.15. The predicted octanol–water partition coefficient (Wildman–Crippen LogP) is 1.32. The predicted molar refractivity (Wildman–Crippen MR) is 86.3 cm³/mol. The van der Waals surface area contributed by atoms with Crippen LogP contribution < -0.4 is 16.4 Å². The number of nitrogens with one attached hydrogen (secondary N) is 2. The summed E-state index contributed by atoms with van der Waals surface area (Å²) in [5, 5.41) is 14.9. The SMILES string of the molecule is Cc1cc(C#N)ccc1C(=CN)C(=O)NCC1C=CC=CN1. The second-order valence-corrected chi connectivity index (χ2v) is 4.95. The molecule has 0 saturated carbocycles. The number of hydrogen-bond donors (Lipinski definition) is 3. The molecule has 4 N–H and O–H groups in total. The Morgan fingerprint density at radius 3 is 2.91 bits per heavy atom. The topological polar surface area (TPSA) is 90.9 Å². The smallest absolute Gasteiger partial charge is 0.253 e. The van der Waals surface area contributed by atoms with Crippen molar-refractivity contribution in [2.24, 2.45) is 5.73 Å². The van der Waals surface area contributed by atoms with Crippen LogP contribution in [0.5, 0.6) is 0 Å². The van der Waals surface area contributed by atoms with Gasteiger partial charge in [-0.05, 0) is 42.5 Å². The van der Waals surface area contributed by atoms with Crippen LogP contribution in [0.3, 0.4) is 0 Å².